The number of hydrogen-bond acceptors (Lipinski definition) is 7. The van der Waals surface area contributed by atoms with Crippen LogP contribution in [0.1, 0.15) is 49.7 Å². The lowest BCUT2D eigenvalue weighted by atomic mass is 9.87. The number of rotatable bonds is 2. The summed E-state index contributed by atoms with van der Waals surface area (Å²) in [5.74, 6) is 1.57. The van der Waals surface area contributed by atoms with Crippen molar-refractivity contribution in [1.29, 1.82) is 0 Å². The minimum absolute atomic E-state index is 0.145. The summed E-state index contributed by atoms with van der Waals surface area (Å²) in [5, 5.41) is 3.84. The fourth-order valence-corrected chi connectivity index (χ4v) is 6.07. The molecule has 1 spiro atoms. The maximum absolute atomic E-state index is 13.5. The van der Waals surface area contributed by atoms with Crippen LogP contribution in [-0.4, -0.2) is 49.4 Å². The molecule has 0 atom stereocenters. The number of nitrogens with zero attached hydrogens (tertiary/aromatic N) is 6. The van der Waals surface area contributed by atoms with E-state index >= 15 is 0 Å². The van der Waals surface area contributed by atoms with Gasteiger partial charge in [0.2, 0.25) is 11.8 Å². The van der Waals surface area contributed by atoms with Gasteiger partial charge in [0, 0.05) is 36.5 Å². The Morgan fingerprint density at radius 2 is 1.97 bits per heavy atom. The number of allylic oxidation sites excluding steroid dienone is 2. The number of nitrogens with one attached hydrogen (secondary N) is 1. The Labute approximate surface area is 227 Å². The molecule has 0 unspecified atom stereocenters. The molecule has 2 bridgehead atoms. The highest BCUT2D eigenvalue weighted by molar-refractivity contribution is 5.77. The van der Waals surface area contributed by atoms with Gasteiger partial charge >= 0.3 is 0 Å². The SMILES string of the molecule is CN1Cc2cc(Nc3ncc4c(=O)n5n(c4n3)-c3cccc(n3)OCCCCC/C=C\C5)ccc2C2(CC2)C1. The van der Waals surface area contributed by atoms with E-state index in [0.29, 0.717) is 47.2 Å². The molecule has 2 aliphatic heterocycles. The molecule has 1 aromatic carbocycles. The van der Waals surface area contributed by atoms with Crippen LogP contribution in [0.5, 0.6) is 5.88 Å². The van der Waals surface area contributed by atoms with Gasteiger partial charge in [-0.15, -0.1) is 0 Å². The summed E-state index contributed by atoms with van der Waals surface area (Å²) >= 11 is 0. The van der Waals surface area contributed by atoms with Gasteiger partial charge in [-0.1, -0.05) is 24.3 Å². The summed E-state index contributed by atoms with van der Waals surface area (Å²) in [6, 6.07) is 12.2. The lowest BCUT2D eigenvalue weighted by Gasteiger charge is -2.32. The molecular weight excluding hydrogens is 490 g/mol. The van der Waals surface area contributed by atoms with Crippen molar-refractivity contribution in [2.75, 3.05) is 25.5 Å². The Morgan fingerprint density at radius 3 is 2.87 bits per heavy atom. The lowest BCUT2D eigenvalue weighted by Crippen LogP contribution is -2.35. The molecule has 1 saturated carbocycles. The monoisotopic (exact) mass is 523 g/mol. The van der Waals surface area contributed by atoms with Gasteiger partial charge in [0.15, 0.2) is 11.5 Å². The van der Waals surface area contributed by atoms with Crippen molar-refractivity contribution >= 4 is 22.7 Å². The fourth-order valence-electron chi connectivity index (χ4n) is 6.07. The number of aromatic nitrogens is 5. The highest BCUT2D eigenvalue weighted by Gasteiger charge is 2.48. The van der Waals surface area contributed by atoms with E-state index in [-0.39, 0.29) is 5.56 Å². The summed E-state index contributed by atoms with van der Waals surface area (Å²) in [5.41, 5.74) is 4.49. The highest BCUT2D eigenvalue weighted by Crippen LogP contribution is 2.52. The van der Waals surface area contributed by atoms with Gasteiger partial charge in [-0.2, -0.15) is 9.97 Å². The molecule has 1 N–H and O–H groups in total. The first-order chi connectivity index (χ1) is 19.1. The molecule has 9 heteroatoms. The van der Waals surface area contributed by atoms with Crippen LogP contribution in [0.2, 0.25) is 0 Å². The second-order valence-electron chi connectivity index (χ2n) is 11.1. The molecule has 0 saturated heterocycles. The second kappa shape index (κ2) is 9.64. The minimum atomic E-state index is -0.145. The zero-order chi connectivity index (χ0) is 26.4. The Balaban J connectivity index is 1.29. The van der Waals surface area contributed by atoms with Crippen molar-refractivity contribution in [1.82, 2.24) is 29.2 Å². The first-order valence-electron chi connectivity index (χ1n) is 13.9. The van der Waals surface area contributed by atoms with Crippen molar-refractivity contribution in [3.63, 3.8) is 0 Å². The number of anilines is 2. The van der Waals surface area contributed by atoms with Crippen molar-refractivity contribution in [3.8, 4) is 11.7 Å². The van der Waals surface area contributed by atoms with Crippen LogP contribution in [0, 0.1) is 0 Å². The average molecular weight is 524 g/mol. The molecule has 0 amide bonds. The van der Waals surface area contributed by atoms with Crippen molar-refractivity contribution in [2.45, 2.75) is 57.0 Å². The van der Waals surface area contributed by atoms with Crippen LogP contribution < -0.4 is 15.6 Å². The van der Waals surface area contributed by atoms with E-state index in [1.54, 1.807) is 15.6 Å². The van der Waals surface area contributed by atoms with Gasteiger partial charge in [0.25, 0.3) is 5.56 Å². The van der Waals surface area contributed by atoms with Gasteiger partial charge in [-0.3, -0.25) is 4.79 Å². The van der Waals surface area contributed by atoms with Crippen LogP contribution in [0.25, 0.3) is 16.9 Å². The van der Waals surface area contributed by atoms with Crippen LogP contribution >= 0.6 is 0 Å². The largest absolute Gasteiger partial charge is 0.478 e. The van der Waals surface area contributed by atoms with Crippen LogP contribution in [0.3, 0.4) is 0 Å². The topological polar surface area (TPSA) is 90.1 Å². The van der Waals surface area contributed by atoms with E-state index < -0.39 is 0 Å². The van der Waals surface area contributed by atoms with E-state index in [2.05, 4.69) is 46.5 Å². The first-order valence-corrected chi connectivity index (χ1v) is 13.9. The van der Waals surface area contributed by atoms with Crippen LogP contribution in [0.4, 0.5) is 11.6 Å². The molecule has 3 aromatic heterocycles. The fraction of sp³-hybridized carbons (Fsp3) is 0.400. The molecule has 4 aromatic rings. The predicted molar refractivity (Wildman–Crippen MR) is 151 cm³/mol. The second-order valence-corrected chi connectivity index (χ2v) is 11.1. The van der Waals surface area contributed by atoms with Gasteiger partial charge in [-0.25, -0.2) is 14.3 Å². The smallest absolute Gasteiger partial charge is 0.278 e. The number of likely N-dealkylation sites (N-methyl/N-ethyl adjacent to an activating group) is 1. The quantitative estimate of drug-likeness (QED) is 0.381. The van der Waals surface area contributed by atoms with E-state index in [9.17, 15) is 4.79 Å². The summed E-state index contributed by atoms with van der Waals surface area (Å²) in [6.07, 6.45) is 12.5. The maximum atomic E-state index is 13.5. The van der Waals surface area contributed by atoms with Crippen LogP contribution in [0.15, 0.2) is 59.5 Å². The van der Waals surface area contributed by atoms with Crippen molar-refractivity contribution < 1.29 is 4.74 Å². The van der Waals surface area contributed by atoms with E-state index in [1.165, 1.54) is 24.0 Å². The number of pyridine rings is 1. The number of fused-ring (bicyclic) bond motifs is 8. The Hall–Kier alpha value is -3.98. The molecule has 5 heterocycles. The lowest BCUT2D eigenvalue weighted by molar-refractivity contribution is 0.271. The molecule has 0 radical (unpaired) electrons. The molecule has 3 aliphatic rings. The Morgan fingerprint density at radius 1 is 1.05 bits per heavy atom. The molecule has 39 heavy (non-hydrogen) atoms. The normalized spacial score (nSPS) is 19.5. The van der Waals surface area contributed by atoms with E-state index in [0.717, 1.165) is 44.5 Å². The minimum Gasteiger partial charge on any atom is -0.478 e. The molecule has 1 fully saturated rings. The molecule has 1 aliphatic carbocycles. The number of benzene rings is 1. The molecule has 7 rings (SSSR count). The van der Waals surface area contributed by atoms with E-state index in [1.807, 2.05) is 24.3 Å². The van der Waals surface area contributed by atoms with Crippen LogP contribution in [-0.2, 0) is 18.5 Å². The number of hydrogen-bond donors (Lipinski definition) is 1. The number of ether oxygens (including phenoxy) is 1. The van der Waals surface area contributed by atoms with Gasteiger partial charge < -0.3 is 15.0 Å². The predicted octanol–water partition coefficient (Wildman–Crippen LogP) is 4.71. The van der Waals surface area contributed by atoms with E-state index in [4.69, 9.17) is 14.7 Å². The van der Waals surface area contributed by atoms with Gasteiger partial charge in [0.05, 0.1) is 13.2 Å². The zero-order valence-electron chi connectivity index (χ0n) is 22.3. The van der Waals surface area contributed by atoms with Gasteiger partial charge in [-0.05, 0) is 74.9 Å². The third-order valence-electron chi connectivity index (χ3n) is 8.11. The standard InChI is InChI=1S/C30H33N7O2/c1-35-19-21-17-22(11-12-24(21)30(20-35)13-14-30)32-29-31-18-23-27(34-29)37-25-9-8-10-26(33-25)39-16-7-5-3-2-4-6-15-36(37)28(23)38/h4,6,8-12,17-18H,2-3,5,7,13-16,19-20H2,1H3,(H,31,32,34)/b6-4-. The summed E-state index contributed by atoms with van der Waals surface area (Å²) in [6.45, 7) is 3.11. The third kappa shape index (κ3) is 4.50. The molecule has 9 nitrogen and oxygen atoms in total. The zero-order valence-corrected chi connectivity index (χ0v) is 22.3. The first kappa shape index (κ1) is 24.1. The summed E-state index contributed by atoms with van der Waals surface area (Å²) < 4.78 is 9.37. The highest BCUT2D eigenvalue weighted by atomic mass is 16.5. The Kier molecular flexibility index (Phi) is 5.96. The molecular formula is C30H33N7O2. The maximum Gasteiger partial charge on any atom is 0.278 e. The third-order valence-corrected chi connectivity index (χ3v) is 8.11. The Bertz CT molecular complexity index is 1630. The van der Waals surface area contributed by atoms with Crippen molar-refractivity contribution in [3.05, 3.63) is 76.2 Å². The average Bonchev–Trinajstić information content (AvgIpc) is 3.63. The van der Waals surface area contributed by atoms with Crippen molar-refractivity contribution in [2.24, 2.45) is 0 Å². The summed E-state index contributed by atoms with van der Waals surface area (Å²) in [7, 11) is 2.19. The summed E-state index contributed by atoms with van der Waals surface area (Å²) in [4.78, 5) is 30.0. The molecule has 200 valence electrons. The van der Waals surface area contributed by atoms with Gasteiger partial charge in [0.1, 0.15) is 5.39 Å².